The quantitative estimate of drug-likeness (QED) is 0.160. The summed E-state index contributed by atoms with van der Waals surface area (Å²) in [5.41, 5.74) is 17.0. The number of rotatable bonds is 6. The average molecular weight is 727 g/mol. The van der Waals surface area contributed by atoms with Gasteiger partial charge in [0.25, 0.3) is 0 Å². The van der Waals surface area contributed by atoms with E-state index in [1.165, 1.54) is 54.9 Å². The van der Waals surface area contributed by atoms with Gasteiger partial charge in [-0.3, -0.25) is 8.80 Å². The van der Waals surface area contributed by atoms with Crippen LogP contribution in [-0.2, 0) is 0 Å². The van der Waals surface area contributed by atoms with Crippen molar-refractivity contribution in [2.45, 2.75) is 0 Å². The predicted octanol–water partition coefficient (Wildman–Crippen LogP) is 13.1. The molecule has 0 N–H and O–H groups in total. The lowest BCUT2D eigenvalue weighted by Crippen LogP contribution is -1.97. The third-order valence-electron chi connectivity index (χ3n) is 11.7. The number of hydrogen-bond acceptors (Lipinski definition) is 2. The minimum atomic E-state index is 0.364. The van der Waals surface area contributed by atoms with Crippen LogP contribution in [0.3, 0.4) is 0 Å². The van der Waals surface area contributed by atoms with E-state index in [1.807, 2.05) is 6.07 Å². The second-order valence-corrected chi connectivity index (χ2v) is 15.0. The molecule has 266 valence electrons. The zero-order valence-electron chi connectivity index (χ0n) is 30.9. The van der Waals surface area contributed by atoms with Gasteiger partial charge in [-0.05, 0) is 79.2 Å². The number of benzene rings is 6. The van der Waals surface area contributed by atoms with Crippen LogP contribution in [0, 0.1) is 5.92 Å². The fourth-order valence-electron chi connectivity index (χ4n) is 9.05. The molecule has 0 fully saturated rings. The van der Waals surface area contributed by atoms with Gasteiger partial charge in [0.2, 0.25) is 0 Å². The van der Waals surface area contributed by atoms with Crippen LogP contribution < -0.4 is 0 Å². The number of nitrogens with zero attached hydrogens (tertiary/aromatic N) is 4. The van der Waals surface area contributed by atoms with Crippen LogP contribution in [0.15, 0.2) is 206 Å². The molecular weight excluding hydrogens is 693 g/mol. The third-order valence-corrected chi connectivity index (χ3v) is 11.7. The second kappa shape index (κ2) is 12.5. The monoisotopic (exact) mass is 726 g/mol. The lowest BCUT2D eigenvalue weighted by Gasteiger charge is -2.18. The highest BCUT2D eigenvalue weighted by Gasteiger charge is 2.32. The number of allylic oxidation sites excluding steroid dienone is 6. The number of hydrogen-bond donors (Lipinski definition) is 0. The van der Waals surface area contributed by atoms with Crippen molar-refractivity contribution in [1.82, 2.24) is 18.8 Å². The maximum Gasteiger partial charge on any atom is 0.137 e. The van der Waals surface area contributed by atoms with Crippen molar-refractivity contribution in [2.24, 2.45) is 5.92 Å². The summed E-state index contributed by atoms with van der Waals surface area (Å²) in [6.07, 6.45) is 13.1. The number of pyridine rings is 2. The Balaban J connectivity index is 0.989. The van der Waals surface area contributed by atoms with Gasteiger partial charge in [-0.15, -0.1) is 0 Å². The summed E-state index contributed by atoms with van der Waals surface area (Å²) < 4.78 is 4.43. The van der Waals surface area contributed by atoms with Crippen molar-refractivity contribution in [2.75, 3.05) is 0 Å². The molecule has 2 aliphatic rings. The van der Waals surface area contributed by atoms with E-state index in [4.69, 9.17) is 9.97 Å². The third kappa shape index (κ3) is 5.01. The van der Waals surface area contributed by atoms with E-state index in [9.17, 15) is 0 Å². The van der Waals surface area contributed by atoms with Crippen molar-refractivity contribution in [1.29, 1.82) is 0 Å². The molecule has 0 saturated carbocycles. The molecule has 2 aliphatic carbocycles. The van der Waals surface area contributed by atoms with Crippen molar-refractivity contribution >= 4 is 38.4 Å². The molecule has 10 aromatic rings. The van der Waals surface area contributed by atoms with Crippen LogP contribution >= 0.6 is 0 Å². The molecule has 4 aromatic heterocycles. The molecule has 4 heterocycles. The zero-order chi connectivity index (χ0) is 37.5. The first-order valence-electron chi connectivity index (χ1n) is 19.5. The number of fused-ring (bicyclic) bond motifs is 5. The minimum absolute atomic E-state index is 0.364. The highest BCUT2D eigenvalue weighted by Crippen LogP contribution is 2.48. The molecule has 0 spiro atoms. The molecule has 12 rings (SSSR count). The Morgan fingerprint density at radius 2 is 0.860 bits per heavy atom. The van der Waals surface area contributed by atoms with Gasteiger partial charge in [0, 0.05) is 35.0 Å². The van der Waals surface area contributed by atoms with Gasteiger partial charge in [0.15, 0.2) is 0 Å². The van der Waals surface area contributed by atoms with Crippen molar-refractivity contribution in [3.05, 3.63) is 212 Å². The first-order chi connectivity index (χ1) is 28.3. The van der Waals surface area contributed by atoms with Gasteiger partial charge < -0.3 is 0 Å². The van der Waals surface area contributed by atoms with Gasteiger partial charge >= 0.3 is 0 Å². The molecule has 0 unspecified atom stereocenters. The minimum Gasteiger partial charge on any atom is -0.299 e. The maximum atomic E-state index is 5.17. The lowest BCUT2D eigenvalue weighted by molar-refractivity contribution is 1.18. The molecule has 0 saturated heterocycles. The smallest absolute Gasteiger partial charge is 0.137 e. The molecule has 57 heavy (non-hydrogen) atoms. The molecule has 6 aromatic carbocycles. The molecule has 1 atom stereocenters. The van der Waals surface area contributed by atoms with Gasteiger partial charge in [0.1, 0.15) is 11.3 Å². The molecular formula is C53H34N4. The van der Waals surface area contributed by atoms with Gasteiger partial charge in [-0.1, -0.05) is 164 Å². The van der Waals surface area contributed by atoms with Crippen LogP contribution in [0.25, 0.3) is 94.4 Å². The van der Waals surface area contributed by atoms with E-state index in [-0.39, 0.29) is 0 Å². The summed E-state index contributed by atoms with van der Waals surface area (Å²) in [5.74, 6) is 0.364. The normalized spacial score (nSPS) is 14.6. The topological polar surface area (TPSA) is 34.6 Å². The summed E-state index contributed by atoms with van der Waals surface area (Å²) in [6.45, 7) is 0. The number of imidazole rings is 2. The van der Waals surface area contributed by atoms with Crippen LogP contribution in [0.4, 0.5) is 0 Å². The Morgan fingerprint density at radius 3 is 1.40 bits per heavy atom. The summed E-state index contributed by atoms with van der Waals surface area (Å²) in [7, 11) is 0. The summed E-state index contributed by atoms with van der Waals surface area (Å²) >= 11 is 0. The fraction of sp³-hybridized carbons (Fsp3) is 0.0189. The van der Waals surface area contributed by atoms with Crippen LogP contribution in [0.5, 0.6) is 0 Å². The Labute approximate surface area is 329 Å². The molecule has 0 bridgehead atoms. The molecule has 0 amide bonds. The maximum absolute atomic E-state index is 5.17. The Morgan fingerprint density at radius 1 is 0.404 bits per heavy atom. The Kier molecular flexibility index (Phi) is 6.96. The largest absolute Gasteiger partial charge is 0.299 e. The van der Waals surface area contributed by atoms with Crippen molar-refractivity contribution < 1.29 is 0 Å². The second-order valence-electron chi connectivity index (χ2n) is 15.0. The summed E-state index contributed by atoms with van der Waals surface area (Å²) in [5, 5.41) is 4.94. The SMILES string of the molecule is C1=CC2=C[C@@H]2C(c2nc3ccccn3c2-c2ccc(-c3c4ccccc4c(-c4ccc(-c5c(-c6ccccc6)nc6ccccn56)cc4)c4ccccc34)cc2)=C1. The first-order valence-corrected chi connectivity index (χ1v) is 19.5. The van der Waals surface area contributed by atoms with Crippen LogP contribution in [0.2, 0.25) is 0 Å². The first kappa shape index (κ1) is 31.8. The Hall–Kier alpha value is -7.56. The molecule has 0 aliphatic heterocycles. The number of aromatic nitrogens is 4. The van der Waals surface area contributed by atoms with E-state index < -0.39 is 0 Å². The van der Waals surface area contributed by atoms with Gasteiger partial charge in [0.05, 0.1) is 22.8 Å². The van der Waals surface area contributed by atoms with Crippen molar-refractivity contribution in [3.8, 4) is 56.0 Å². The lowest BCUT2D eigenvalue weighted by atomic mass is 9.85. The van der Waals surface area contributed by atoms with Gasteiger partial charge in [-0.2, -0.15) is 0 Å². The summed E-state index contributed by atoms with van der Waals surface area (Å²) in [4.78, 5) is 10.2. The van der Waals surface area contributed by atoms with Crippen LogP contribution in [0.1, 0.15) is 5.69 Å². The van der Waals surface area contributed by atoms with E-state index in [1.54, 1.807) is 0 Å². The molecule has 0 radical (unpaired) electrons. The fourth-order valence-corrected chi connectivity index (χ4v) is 9.05. The Bertz CT molecular complexity index is 3260. The van der Waals surface area contributed by atoms with Gasteiger partial charge in [-0.25, -0.2) is 9.97 Å². The van der Waals surface area contributed by atoms with Crippen LogP contribution in [-0.4, -0.2) is 18.8 Å². The molecule has 4 heteroatoms. The van der Waals surface area contributed by atoms with E-state index in [2.05, 4.69) is 203 Å². The standard InChI is InChI=1S/C53H34N4/c1-2-13-36(14-3-1)50-52(56-31-10-8-21-46(56)54-50)37-27-23-34(24-28-37)48-40-16-4-6-18-42(40)49(43-19-7-5-17-41(43)48)35-25-29-38(30-26-35)53-51(44-20-12-15-39-33-45(39)44)55-47-22-9-11-32-57(47)53/h1-33,45H/t45-/m0/s1. The average Bonchev–Trinajstić information content (AvgIpc) is 3.84. The predicted molar refractivity (Wildman–Crippen MR) is 235 cm³/mol. The summed E-state index contributed by atoms with van der Waals surface area (Å²) in [6, 6.07) is 58.8. The zero-order valence-corrected chi connectivity index (χ0v) is 30.9. The van der Waals surface area contributed by atoms with E-state index in [0.29, 0.717) is 5.92 Å². The van der Waals surface area contributed by atoms with Crippen molar-refractivity contribution in [3.63, 3.8) is 0 Å². The van der Waals surface area contributed by atoms with E-state index in [0.717, 1.165) is 50.8 Å². The molecule has 4 nitrogen and oxygen atoms in total. The highest BCUT2D eigenvalue weighted by molar-refractivity contribution is 6.21. The highest BCUT2D eigenvalue weighted by atomic mass is 15.0. The van der Waals surface area contributed by atoms with E-state index >= 15 is 0 Å².